The van der Waals surface area contributed by atoms with E-state index in [1.807, 2.05) is 18.5 Å². The smallest absolute Gasteiger partial charge is 0.117 e. The molecule has 3 aromatic heterocycles. The molecule has 0 spiro atoms. The molecule has 4 heterocycles. The van der Waals surface area contributed by atoms with Gasteiger partial charge >= 0.3 is 0 Å². The van der Waals surface area contributed by atoms with E-state index in [9.17, 15) is 0 Å². The minimum atomic E-state index is 0.942. The Morgan fingerprint density at radius 2 is 1.10 bits per heavy atom. The van der Waals surface area contributed by atoms with Crippen LogP contribution in [0.25, 0.3) is 60.1 Å². The van der Waals surface area contributed by atoms with Gasteiger partial charge < -0.3 is 15.0 Å². The number of nitrogens with one attached hydrogen (secondary N) is 3. The number of fused-ring (bicyclic) bond motifs is 4. The third-order valence-corrected chi connectivity index (χ3v) is 9.92. The summed E-state index contributed by atoms with van der Waals surface area (Å²) in [7, 11) is 0. The number of hydrogen-bond donors (Lipinski definition) is 3. The lowest BCUT2D eigenvalue weighted by atomic mass is 9.85. The van der Waals surface area contributed by atoms with Crippen LogP contribution in [0.1, 0.15) is 28.2 Å². The van der Waals surface area contributed by atoms with Crippen LogP contribution in [0.5, 0.6) is 0 Å². The normalized spacial score (nSPS) is 13.7. The van der Waals surface area contributed by atoms with Gasteiger partial charge in [-0.2, -0.15) is 0 Å². The molecule has 234 valence electrons. The third kappa shape index (κ3) is 4.54. The predicted octanol–water partition coefficient (Wildman–Crippen LogP) is 11.4. The van der Waals surface area contributed by atoms with E-state index in [0.29, 0.717) is 0 Å². The van der Waals surface area contributed by atoms with E-state index < -0.39 is 0 Å². The summed E-state index contributed by atoms with van der Waals surface area (Å²) in [6, 6.07) is 52.1. The Balaban J connectivity index is 1.13. The van der Waals surface area contributed by atoms with Gasteiger partial charge in [-0.25, -0.2) is 0 Å². The van der Waals surface area contributed by atoms with Crippen molar-refractivity contribution >= 4 is 54.9 Å². The van der Waals surface area contributed by atoms with E-state index in [1.165, 1.54) is 54.2 Å². The minimum Gasteiger partial charge on any atom is -0.353 e. The van der Waals surface area contributed by atoms with Gasteiger partial charge in [0.15, 0.2) is 0 Å². The van der Waals surface area contributed by atoms with Crippen molar-refractivity contribution in [3.05, 3.63) is 204 Å². The Hall–Kier alpha value is -6.78. The average Bonchev–Trinajstić information content (AvgIpc) is 4.01. The van der Waals surface area contributed by atoms with Crippen LogP contribution >= 0.6 is 0 Å². The van der Waals surface area contributed by atoms with Gasteiger partial charge in [0.2, 0.25) is 0 Å². The predicted molar refractivity (Wildman–Crippen MR) is 208 cm³/mol. The molecule has 50 heavy (non-hydrogen) atoms. The van der Waals surface area contributed by atoms with E-state index in [4.69, 9.17) is 4.99 Å². The molecule has 6 aromatic carbocycles. The maximum atomic E-state index is 4.83. The maximum absolute atomic E-state index is 4.83. The van der Waals surface area contributed by atoms with Crippen molar-refractivity contribution in [1.29, 1.82) is 0 Å². The number of hydrogen-bond acceptors (Lipinski definition) is 1. The maximum Gasteiger partial charge on any atom is 0.117 e. The summed E-state index contributed by atoms with van der Waals surface area (Å²) >= 11 is 0. The summed E-state index contributed by atoms with van der Waals surface area (Å²) in [6.07, 6.45) is 7.98. The Morgan fingerprint density at radius 3 is 1.70 bits per heavy atom. The summed E-state index contributed by atoms with van der Waals surface area (Å²) in [4.78, 5) is 16.0. The molecule has 0 unspecified atom stereocenters. The largest absolute Gasteiger partial charge is 0.353 e. The summed E-state index contributed by atoms with van der Waals surface area (Å²) in [5.74, 6) is 1.14. The second-order valence-corrected chi connectivity index (χ2v) is 12.8. The Labute approximate surface area is 289 Å². The van der Waals surface area contributed by atoms with Gasteiger partial charge in [0, 0.05) is 52.1 Å². The highest BCUT2D eigenvalue weighted by Crippen LogP contribution is 2.42. The first-order valence-electron chi connectivity index (χ1n) is 17.0. The molecule has 9 aromatic rings. The number of aliphatic imine (C=N–C) groups is 1. The van der Waals surface area contributed by atoms with E-state index >= 15 is 0 Å². The second kappa shape index (κ2) is 11.4. The van der Waals surface area contributed by atoms with Gasteiger partial charge in [0.05, 0.1) is 33.4 Å². The molecule has 4 heteroatoms. The highest BCUT2D eigenvalue weighted by Gasteiger charge is 2.31. The first-order valence-corrected chi connectivity index (χ1v) is 17.0. The molecule has 0 saturated carbocycles. The van der Waals surface area contributed by atoms with Crippen molar-refractivity contribution in [3.8, 4) is 11.4 Å². The molecule has 10 rings (SSSR count). The zero-order valence-corrected chi connectivity index (χ0v) is 27.1. The number of benzene rings is 6. The second-order valence-electron chi connectivity index (χ2n) is 12.8. The first-order chi connectivity index (χ1) is 24.8. The summed E-state index contributed by atoms with van der Waals surface area (Å²) < 4.78 is 0. The van der Waals surface area contributed by atoms with Crippen molar-refractivity contribution in [2.24, 2.45) is 4.99 Å². The van der Waals surface area contributed by atoms with Gasteiger partial charge in [-0.05, 0) is 94.4 Å². The quantitative estimate of drug-likeness (QED) is 0.120. The average molecular weight is 640 g/mol. The highest BCUT2D eigenvalue weighted by molar-refractivity contribution is 6.12. The highest BCUT2D eigenvalue weighted by atomic mass is 14.8. The zero-order valence-electron chi connectivity index (χ0n) is 27.1. The monoisotopic (exact) mass is 639 g/mol. The van der Waals surface area contributed by atoms with Crippen LogP contribution in [0, 0.1) is 5.92 Å². The van der Waals surface area contributed by atoms with Crippen molar-refractivity contribution in [2.45, 2.75) is 0 Å². The molecule has 0 saturated heterocycles. The Bertz CT molecular complexity index is 2700. The van der Waals surface area contributed by atoms with Crippen LogP contribution in [0.15, 0.2) is 175 Å². The number of allylic oxidation sites excluding steroid dienone is 2. The van der Waals surface area contributed by atoms with E-state index in [0.717, 1.165) is 45.7 Å². The van der Waals surface area contributed by atoms with E-state index in [-0.39, 0.29) is 0 Å². The van der Waals surface area contributed by atoms with Crippen molar-refractivity contribution < 1.29 is 0 Å². The molecular weight excluding hydrogens is 609 g/mol. The Kier molecular flexibility index (Phi) is 6.46. The van der Waals surface area contributed by atoms with Gasteiger partial charge in [-0.1, -0.05) is 72.8 Å². The number of aromatic nitrogens is 3. The SMILES string of the molecule is C1=C/C(=C(/c2ccc(-c3ccc([C+](c4ccc[nH]4)c4c5ccccc5cc5ccccc45)[nH]3)[nH]2)c2c3ccccc3cc3ccccc23)N=C1. The van der Waals surface area contributed by atoms with Gasteiger partial charge in [-0.15, -0.1) is 0 Å². The summed E-state index contributed by atoms with van der Waals surface area (Å²) in [6.45, 7) is 0. The molecule has 0 bridgehead atoms. The fourth-order valence-electron chi connectivity index (χ4n) is 7.71. The van der Waals surface area contributed by atoms with Crippen LogP contribution in [-0.4, -0.2) is 21.2 Å². The Morgan fingerprint density at radius 1 is 0.520 bits per heavy atom. The summed E-state index contributed by atoms with van der Waals surface area (Å²) in [5.41, 5.74) is 9.57. The van der Waals surface area contributed by atoms with Crippen molar-refractivity contribution in [1.82, 2.24) is 15.0 Å². The topological polar surface area (TPSA) is 59.7 Å². The number of nitrogens with zero attached hydrogens (tertiary/aromatic N) is 1. The molecule has 1 aliphatic rings. The van der Waals surface area contributed by atoms with Crippen LogP contribution < -0.4 is 0 Å². The standard InChI is InChI=1S/C46H31N4/c1-5-15-33-29(11-1)27-30-12-2-6-16-34(30)43(33)45(39-19-9-25-47-39)41-23-21-37(49-41)38-22-24-42(50-38)46(40-20-10-26-48-40)44-35-17-7-3-13-31(35)28-32-14-4-8-18-36(32)44/h1-28,47,49-50H/q+1/b46-40+. The van der Waals surface area contributed by atoms with Crippen LogP contribution in [0.2, 0.25) is 0 Å². The zero-order chi connectivity index (χ0) is 33.0. The van der Waals surface area contributed by atoms with Gasteiger partial charge in [0.1, 0.15) is 17.3 Å². The lowest BCUT2D eigenvalue weighted by Gasteiger charge is -2.16. The van der Waals surface area contributed by atoms with Crippen LogP contribution in [-0.2, 0) is 0 Å². The summed E-state index contributed by atoms with van der Waals surface area (Å²) in [5, 5.41) is 9.70. The minimum absolute atomic E-state index is 0.942. The van der Waals surface area contributed by atoms with Crippen molar-refractivity contribution in [2.75, 3.05) is 0 Å². The number of aromatic amines is 3. The molecule has 0 radical (unpaired) electrons. The van der Waals surface area contributed by atoms with Crippen LogP contribution in [0.4, 0.5) is 0 Å². The van der Waals surface area contributed by atoms with E-state index in [1.54, 1.807) is 0 Å². The fourth-order valence-corrected chi connectivity index (χ4v) is 7.71. The molecule has 0 amide bonds. The molecule has 1 aliphatic heterocycles. The molecule has 0 fully saturated rings. The molecule has 3 N–H and O–H groups in total. The lowest BCUT2D eigenvalue weighted by Crippen LogP contribution is -2.07. The lowest BCUT2D eigenvalue weighted by molar-refractivity contribution is 1.11. The number of rotatable bonds is 6. The number of H-pyrrole nitrogens is 3. The third-order valence-electron chi connectivity index (χ3n) is 9.92. The first kappa shape index (κ1) is 28.3. The van der Waals surface area contributed by atoms with Crippen molar-refractivity contribution in [3.63, 3.8) is 0 Å². The van der Waals surface area contributed by atoms with E-state index in [2.05, 4.69) is 167 Å². The molecular formula is C46H31N4+. The van der Waals surface area contributed by atoms with Gasteiger partial charge in [0.25, 0.3) is 0 Å². The van der Waals surface area contributed by atoms with Gasteiger partial charge in [-0.3, -0.25) is 4.99 Å². The van der Waals surface area contributed by atoms with Crippen LogP contribution in [0.3, 0.4) is 0 Å². The molecule has 0 atom stereocenters. The molecule has 0 aliphatic carbocycles. The molecule has 4 nitrogen and oxygen atoms in total. The fraction of sp³-hybridized carbons (Fsp3) is 0.